The Morgan fingerprint density at radius 3 is 2.39 bits per heavy atom. The summed E-state index contributed by atoms with van der Waals surface area (Å²) in [6.45, 7) is 5.87. The molecule has 1 fully saturated rings. The molecule has 2 heterocycles. The van der Waals surface area contributed by atoms with Gasteiger partial charge in [0.15, 0.2) is 5.76 Å². The van der Waals surface area contributed by atoms with Gasteiger partial charge in [0.2, 0.25) is 5.89 Å². The van der Waals surface area contributed by atoms with Crippen LogP contribution < -0.4 is 0 Å². The summed E-state index contributed by atoms with van der Waals surface area (Å²) in [4.78, 5) is 21.3. The minimum Gasteiger partial charge on any atom is -0.439 e. The Morgan fingerprint density at radius 1 is 1.00 bits per heavy atom. The predicted octanol–water partition coefficient (Wildman–Crippen LogP) is 3.86. The van der Waals surface area contributed by atoms with Crippen LogP contribution in [0.25, 0.3) is 11.3 Å². The summed E-state index contributed by atoms with van der Waals surface area (Å²) in [5.74, 6) is 1.62. The first-order valence-electron chi connectivity index (χ1n) is 9.83. The molecule has 1 aliphatic rings. The number of amides is 1. The van der Waals surface area contributed by atoms with Crippen molar-refractivity contribution in [1.29, 1.82) is 0 Å². The fourth-order valence-corrected chi connectivity index (χ4v) is 3.49. The Morgan fingerprint density at radius 2 is 1.71 bits per heavy atom. The first-order valence-corrected chi connectivity index (χ1v) is 9.83. The summed E-state index contributed by atoms with van der Waals surface area (Å²) in [6, 6.07) is 17.9. The number of aromatic nitrogens is 1. The highest BCUT2D eigenvalue weighted by molar-refractivity contribution is 5.94. The van der Waals surface area contributed by atoms with Crippen LogP contribution in [-0.4, -0.2) is 46.9 Å². The molecule has 4 rings (SSSR count). The van der Waals surface area contributed by atoms with E-state index in [-0.39, 0.29) is 5.91 Å². The maximum Gasteiger partial charge on any atom is 0.253 e. The van der Waals surface area contributed by atoms with Gasteiger partial charge in [-0.05, 0) is 24.1 Å². The van der Waals surface area contributed by atoms with E-state index >= 15 is 0 Å². The van der Waals surface area contributed by atoms with E-state index in [1.807, 2.05) is 59.5 Å². The van der Waals surface area contributed by atoms with E-state index in [0.717, 1.165) is 49.5 Å². The zero-order valence-electron chi connectivity index (χ0n) is 16.2. The molecular weight excluding hydrogens is 350 g/mol. The molecule has 0 spiro atoms. The van der Waals surface area contributed by atoms with Crippen molar-refractivity contribution in [3.8, 4) is 11.3 Å². The fraction of sp³-hybridized carbons (Fsp3) is 0.304. The number of carbonyl (C=O) groups excluding carboxylic acids is 1. The van der Waals surface area contributed by atoms with Gasteiger partial charge < -0.3 is 9.32 Å². The van der Waals surface area contributed by atoms with Crippen LogP contribution in [0, 0.1) is 0 Å². The van der Waals surface area contributed by atoms with Gasteiger partial charge in [-0.15, -0.1) is 0 Å². The highest BCUT2D eigenvalue weighted by atomic mass is 16.4. The molecule has 3 aromatic rings. The molecule has 1 saturated heterocycles. The minimum absolute atomic E-state index is 0.116. The van der Waals surface area contributed by atoms with Crippen molar-refractivity contribution in [2.45, 2.75) is 19.9 Å². The summed E-state index contributed by atoms with van der Waals surface area (Å²) < 4.78 is 5.90. The van der Waals surface area contributed by atoms with Crippen LogP contribution in [0.5, 0.6) is 0 Å². The lowest BCUT2D eigenvalue weighted by Crippen LogP contribution is -2.48. The van der Waals surface area contributed by atoms with Crippen LogP contribution >= 0.6 is 0 Å². The maximum absolute atomic E-state index is 12.7. The molecule has 1 amide bonds. The van der Waals surface area contributed by atoms with Crippen molar-refractivity contribution in [3.05, 3.63) is 77.8 Å². The second kappa shape index (κ2) is 8.40. The first kappa shape index (κ1) is 18.4. The molecule has 0 saturated carbocycles. The minimum atomic E-state index is 0.116. The Labute approximate surface area is 165 Å². The average molecular weight is 375 g/mol. The summed E-state index contributed by atoms with van der Waals surface area (Å²) in [5.41, 5.74) is 3.05. The Bertz CT molecular complexity index is 911. The van der Waals surface area contributed by atoms with E-state index in [9.17, 15) is 4.79 Å². The zero-order valence-corrected chi connectivity index (χ0v) is 16.2. The van der Waals surface area contributed by atoms with Gasteiger partial charge in [-0.3, -0.25) is 9.69 Å². The number of carbonyl (C=O) groups is 1. The lowest BCUT2D eigenvalue weighted by Gasteiger charge is -2.34. The highest BCUT2D eigenvalue weighted by Gasteiger charge is 2.23. The van der Waals surface area contributed by atoms with Crippen molar-refractivity contribution in [1.82, 2.24) is 14.8 Å². The number of rotatable bonds is 5. The van der Waals surface area contributed by atoms with Gasteiger partial charge in [0, 0.05) is 37.3 Å². The molecule has 0 atom stereocenters. The van der Waals surface area contributed by atoms with Gasteiger partial charge in [-0.1, -0.05) is 49.4 Å². The van der Waals surface area contributed by atoms with Crippen molar-refractivity contribution < 1.29 is 9.21 Å². The zero-order chi connectivity index (χ0) is 19.3. The normalized spacial score (nSPS) is 15.0. The summed E-state index contributed by atoms with van der Waals surface area (Å²) in [5, 5.41) is 0. The molecule has 28 heavy (non-hydrogen) atoms. The van der Waals surface area contributed by atoms with Crippen molar-refractivity contribution in [2.24, 2.45) is 0 Å². The van der Waals surface area contributed by atoms with Crippen LogP contribution in [-0.2, 0) is 13.0 Å². The van der Waals surface area contributed by atoms with Gasteiger partial charge in [-0.25, -0.2) is 4.98 Å². The average Bonchev–Trinajstić information content (AvgIpc) is 3.23. The third kappa shape index (κ3) is 4.15. The number of nitrogens with zero attached hydrogens (tertiary/aromatic N) is 3. The number of hydrogen-bond donors (Lipinski definition) is 0. The van der Waals surface area contributed by atoms with Gasteiger partial charge >= 0.3 is 0 Å². The predicted molar refractivity (Wildman–Crippen MR) is 109 cm³/mol. The van der Waals surface area contributed by atoms with Crippen LogP contribution in [0.2, 0.25) is 0 Å². The highest BCUT2D eigenvalue weighted by Crippen LogP contribution is 2.21. The molecule has 0 bridgehead atoms. The van der Waals surface area contributed by atoms with E-state index in [0.29, 0.717) is 12.4 Å². The molecule has 0 radical (unpaired) electrons. The lowest BCUT2D eigenvalue weighted by molar-refractivity contribution is 0.0618. The summed E-state index contributed by atoms with van der Waals surface area (Å²) >= 11 is 0. The van der Waals surface area contributed by atoms with Crippen molar-refractivity contribution in [2.75, 3.05) is 26.2 Å². The van der Waals surface area contributed by atoms with E-state index < -0.39 is 0 Å². The standard InChI is InChI=1S/C23H25N3O2/c1-2-18-8-10-20(11-9-18)23(27)26-14-12-25(13-15-26)17-22-24-16-21(28-22)19-6-4-3-5-7-19/h3-11,16H,2,12-15,17H2,1H3. The third-order valence-electron chi connectivity index (χ3n) is 5.24. The van der Waals surface area contributed by atoms with Crippen LogP contribution in [0.15, 0.2) is 65.2 Å². The number of piperazine rings is 1. The second-order valence-corrected chi connectivity index (χ2v) is 7.10. The maximum atomic E-state index is 12.7. The van der Waals surface area contributed by atoms with Crippen LogP contribution in [0.1, 0.15) is 28.7 Å². The van der Waals surface area contributed by atoms with Crippen LogP contribution in [0.4, 0.5) is 0 Å². The Balaban J connectivity index is 1.32. The largest absolute Gasteiger partial charge is 0.439 e. The quantitative estimate of drug-likeness (QED) is 0.679. The Kier molecular flexibility index (Phi) is 5.53. The molecule has 0 unspecified atom stereocenters. The van der Waals surface area contributed by atoms with E-state index in [1.54, 1.807) is 6.20 Å². The number of benzene rings is 2. The van der Waals surface area contributed by atoms with Crippen molar-refractivity contribution >= 4 is 5.91 Å². The molecule has 144 valence electrons. The van der Waals surface area contributed by atoms with E-state index in [2.05, 4.69) is 16.8 Å². The molecule has 0 N–H and O–H groups in total. The van der Waals surface area contributed by atoms with Gasteiger partial charge in [0.25, 0.3) is 5.91 Å². The number of oxazole rings is 1. The topological polar surface area (TPSA) is 49.6 Å². The van der Waals surface area contributed by atoms with E-state index in [1.165, 1.54) is 5.56 Å². The number of aryl methyl sites for hydroxylation is 1. The third-order valence-corrected chi connectivity index (χ3v) is 5.24. The first-order chi connectivity index (χ1) is 13.7. The monoisotopic (exact) mass is 375 g/mol. The molecule has 5 heteroatoms. The second-order valence-electron chi connectivity index (χ2n) is 7.10. The van der Waals surface area contributed by atoms with Gasteiger partial charge in [0.05, 0.1) is 12.7 Å². The van der Waals surface area contributed by atoms with E-state index in [4.69, 9.17) is 4.42 Å². The van der Waals surface area contributed by atoms with Crippen LogP contribution in [0.3, 0.4) is 0 Å². The molecule has 1 aliphatic heterocycles. The molecule has 2 aromatic carbocycles. The molecule has 0 aliphatic carbocycles. The SMILES string of the molecule is CCc1ccc(C(=O)N2CCN(Cc3ncc(-c4ccccc4)o3)CC2)cc1. The fourth-order valence-electron chi connectivity index (χ4n) is 3.49. The Hall–Kier alpha value is -2.92. The number of hydrogen-bond acceptors (Lipinski definition) is 4. The molecule has 1 aromatic heterocycles. The van der Waals surface area contributed by atoms with Gasteiger partial charge in [-0.2, -0.15) is 0 Å². The smallest absolute Gasteiger partial charge is 0.253 e. The van der Waals surface area contributed by atoms with Gasteiger partial charge in [0.1, 0.15) is 0 Å². The summed E-state index contributed by atoms with van der Waals surface area (Å²) in [7, 11) is 0. The lowest BCUT2D eigenvalue weighted by atomic mass is 10.1. The summed E-state index contributed by atoms with van der Waals surface area (Å²) in [6.07, 6.45) is 2.77. The van der Waals surface area contributed by atoms with Crippen molar-refractivity contribution in [3.63, 3.8) is 0 Å². The molecular formula is C23H25N3O2. The molecule has 5 nitrogen and oxygen atoms in total.